The Kier molecular flexibility index (Phi) is 7.56. The first kappa shape index (κ1) is 21.9. The molecule has 0 bridgehead atoms. The molecule has 1 unspecified atom stereocenters. The SMILES string of the molecule is CC(OC(=O)c1cccc(CS(C)(=O)=O)c1)C(=O)NC(=O)NC1CCCCC1. The summed E-state index contributed by atoms with van der Waals surface area (Å²) >= 11 is 0. The quantitative estimate of drug-likeness (QED) is 0.692. The molecule has 2 rings (SSSR count). The van der Waals surface area contributed by atoms with Crippen LogP contribution in [0, 0.1) is 0 Å². The zero-order valence-electron chi connectivity index (χ0n) is 16.1. The van der Waals surface area contributed by atoms with Crippen LogP contribution in [-0.2, 0) is 25.1 Å². The Morgan fingerprint density at radius 2 is 1.86 bits per heavy atom. The molecule has 1 saturated carbocycles. The topological polar surface area (TPSA) is 119 Å². The van der Waals surface area contributed by atoms with Crippen molar-refractivity contribution in [1.29, 1.82) is 0 Å². The van der Waals surface area contributed by atoms with Gasteiger partial charge in [-0.2, -0.15) is 0 Å². The maximum atomic E-state index is 12.2. The molecule has 0 radical (unpaired) electrons. The molecule has 0 saturated heterocycles. The van der Waals surface area contributed by atoms with Crippen molar-refractivity contribution in [2.75, 3.05) is 6.26 Å². The number of rotatable bonds is 6. The van der Waals surface area contributed by atoms with Crippen LogP contribution in [-0.4, -0.2) is 44.7 Å². The molecule has 1 fully saturated rings. The van der Waals surface area contributed by atoms with Crippen LogP contribution in [0.4, 0.5) is 4.79 Å². The first-order valence-corrected chi connectivity index (χ1v) is 11.3. The molecule has 1 aliphatic rings. The first-order chi connectivity index (χ1) is 13.1. The second kappa shape index (κ2) is 9.68. The summed E-state index contributed by atoms with van der Waals surface area (Å²) in [4.78, 5) is 36.2. The third-order valence-corrected chi connectivity index (χ3v) is 5.28. The van der Waals surface area contributed by atoms with Gasteiger partial charge in [0.15, 0.2) is 15.9 Å². The van der Waals surface area contributed by atoms with E-state index < -0.39 is 33.8 Å². The van der Waals surface area contributed by atoms with Gasteiger partial charge < -0.3 is 10.1 Å². The van der Waals surface area contributed by atoms with Gasteiger partial charge in [0.1, 0.15) is 0 Å². The summed E-state index contributed by atoms with van der Waals surface area (Å²) in [5.74, 6) is -1.70. The predicted octanol–water partition coefficient (Wildman–Crippen LogP) is 1.93. The largest absolute Gasteiger partial charge is 0.449 e. The molecule has 8 nitrogen and oxygen atoms in total. The maximum Gasteiger partial charge on any atom is 0.338 e. The van der Waals surface area contributed by atoms with Gasteiger partial charge in [-0.15, -0.1) is 0 Å². The number of urea groups is 1. The number of sulfone groups is 1. The van der Waals surface area contributed by atoms with E-state index in [4.69, 9.17) is 4.74 Å². The summed E-state index contributed by atoms with van der Waals surface area (Å²) in [7, 11) is -3.24. The van der Waals surface area contributed by atoms with Gasteiger partial charge in [0.25, 0.3) is 5.91 Å². The highest BCUT2D eigenvalue weighted by Gasteiger charge is 2.23. The van der Waals surface area contributed by atoms with Gasteiger partial charge in [0.2, 0.25) is 0 Å². The number of imide groups is 1. The summed E-state index contributed by atoms with van der Waals surface area (Å²) in [6.07, 6.45) is 4.94. The maximum absolute atomic E-state index is 12.2. The molecule has 0 heterocycles. The van der Waals surface area contributed by atoms with Gasteiger partial charge in [-0.3, -0.25) is 10.1 Å². The van der Waals surface area contributed by atoms with Crippen LogP contribution >= 0.6 is 0 Å². The molecule has 1 aromatic rings. The van der Waals surface area contributed by atoms with Crippen molar-refractivity contribution in [3.05, 3.63) is 35.4 Å². The summed E-state index contributed by atoms with van der Waals surface area (Å²) < 4.78 is 27.9. The van der Waals surface area contributed by atoms with Gasteiger partial charge in [-0.25, -0.2) is 18.0 Å². The van der Waals surface area contributed by atoms with Gasteiger partial charge >= 0.3 is 12.0 Å². The monoisotopic (exact) mass is 410 g/mol. The molecule has 1 atom stereocenters. The fourth-order valence-corrected chi connectivity index (χ4v) is 3.84. The average molecular weight is 410 g/mol. The number of carbonyl (C=O) groups excluding carboxylic acids is 3. The van der Waals surface area contributed by atoms with E-state index in [2.05, 4.69) is 10.6 Å². The van der Waals surface area contributed by atoms with Crippen LogP contribution in [0.5, 0.6) is 0 Å². The lowest BCUT2D eigenvalue weighted by molar-refractivity contribution is -0.127. The highest BCUT2D eigenvalue weighted by molar-refractivity contribution is 7.89. The van der Waals surface area contributed by atoms with E-state index in [1.807, 2.05) is 0 Å². The lowest BCUT2D eigenvalue weighted by Gasteiger charge is -2.23. The minimum absolute atomic E-state index is 0.0528. The second-order valence-electron chi connectivity index (χ2n) is 7.12. The van der Waals surface area contributed by atoms with Crippen molar-refractivity contribution in [1.82, 2.24) is 10.6 Å². The number of carbonyl (C=O) groups is 3. The molecule has 1 aliphatic carbocycles. The molecule has 154 valence electrons. The summed E-state index contributed by atoms with van der Waals surface area (Å²) in [5, 5.41) is 4.93. The fraction of sp³-hybridized carbons (Fsp3) is 0.526. The normalized spacial score (nSPS) is 16.1. The van der Waals surface area contributed by atoms with Gasteiger partial charge in [0, 0.05) is 12.3 Å². The third-order valence-electron chi connectivity index (χ3n) is 4.42. The Morgan fingerprint density at radius 1 is 1.18 bits per heavy atom. The Morgan fingerprint density at radius 3 is 2.50 bits per heavy atom. The molecular formula is C19H26N2O6S. The van der Waals surface area contributed by atoms with Crippen LogP contribution in [0.15, 0.2) is 24.3 Å². The number of esters is 1. The predicted molar refractivity (Wildman–Crippen MR) is 103 cm³/mol. The van der Waals surface area contributed by atoms with E-state index in [9.17, 15) is 22.8 Å². The third kappa shape index (κ3) is 7.30. The van der Waals surface area contributed by atoms with Crippen molar-refractivity contribution >= 4 is 27.7 Å². The average Bonchev–Trinajstić information content (AvgIpc) is 2.61. The van der Waals surface area contributed by atoms with Crippen molar-refractivity contribution < 1.29 is 27.5 Å². The smallest absolute Gasteiger partial charge is 0.338 e. The van der Waals surface area contributed by atoms with Crippen LogP contribution < -0.4 is 10.6 Å². The summed E-state index contributed by atoms with van der Waals surface area (Å²) in [6, 6.07) is 5.45. The van der Waals surface area contributed by atoms with E-state index in [1.165, 1.54) is 19.1 Å². The highest BCUT2D eigenvalue weighted by Crippen LogP contribution is 2.17. The molecule has 0 aromatic heterocycles. The molecule has 28 heavy (non-hydrogen) atoms. The Balaban J connectivity index is 1.87. The number of hydrogen-bond donors (Lipinski definition) is 2. The molecule has 2 N–H and O–H groups in total. The Hall–Kier alpha value is -2.42. The molecule has 1 aromatic carbocycles. The Labute approximate surface area is 164 Å². The van der Waals surface area contributed by atoms with Crippen LogP contribution in [0.25, 0.3) is 0 Å². The van der Waals surface area contributed by atoms with E-state index in [0.29, 0.717) is 5.56 Å². The lowest BCUT2D eigenvalue weighted by atomic mass is 9.96. The summed E-state index contributed by atoms with van der Waals surface area (Å²) in [6.45, 7) is 1.36. The Bertz CT molecular complexity index is 831. The summed E-state index contributed by atoms with van der Waals surface area (Å²) in [5.41, 5.74) is 0.577. The number of amides is 3. The zero-order valence-corrected chi connectivity index (χ0v) is 16.9. The first-order valence-electron chi connectivity index (χ1n) is 9.23. The minimum atomic E-state index is -3.24. The molecule has 9 heteroatoms. The number of ether oxygens (including phenoxy) is 1. The highest BCUT2D eigenvalue weighted by atomic mass is 32.2. The number of benzene rings is 1. The van der Waals surface area contributed by atoms with Crippen molar-refractivity contribution in [2.24, 2.45) is 0 Å². The van der Waals surface area contributed by atoms with Gasteiger partial charge in [-0.1, -0.05) is 31.4 Å². The fourth-order valence-electron chi connectivity index (χ4n) is 3.05. The minimum Gasteiger partial charge on any atom is -0.449 e. The molecular weight excluding hydrogens is 384 g/mol. The zero-order chi connectivity index (χ0) is 20.7. The van der Waals surface area contributed by atoms with Crippen LogP contribution in [0.3, 0.4) is 0 Å². The van der Waals surface area contributed by atoms with E-state index in [-0.39, 0.29) is 17.4 Å². The van der Waals surface area contributed by atoms with Crippen molar-refractivity contribution in [3.63, 3.8) is 0 Å². The van der Waals surface area contributed by atoms with Crippen molar-refractivity contribution in [2.45, 2.75) is 56.9 Å². The second-order valence-corrected chi connectivity index (χ2v) is 9.26. The molecule has 3 amide bonds. The van der Waals surface area contributed by atoms with Gasteiger partial charge in [0.05, 0.1) is 11.3 Å². The standard InChI is InChI=1S/C19H26N2O6S/c1-13(17(22)21-19(24)20-16-9-4-3-5-10-16)27-18(23)15-8-6-7-14(11-15)12-28(2,25)26/h6-8,11,13,16H,3-5,9-10,12H2,1-2H3,(H2,20,21,22,24). The van der Waals surface area contributed by atoms with Crippen LogP contribution in [0.1, 0.15) is 54.9 Å². The van der Waals surface area contributed by atoms with Crippen molar-refractivity contribution in [3.8, 4) is 0 Å². The van der Waals surface area contributed by atoms with Crippen LogP contribution in [0.2, 0.25) is 0 Å². The van der Waals surface area contributed by atoms with Gasteiger partial charge in [-0.05, 0) is 37.5 Å². The van der Waals surface area contributed by atoms with E-state index in [1.54, 1.807) is 12.1 Å². The molecule has 0 aliphatic heterocycles. The molecule has 0 spiro atoms. The number of nitrogens with one attached hydrogen (secondary N) is 2. The number of hydrogen-bond acceptors (Lipinski definition) is 6. The van der Waals surface area contributed by atoms with E-state index >= 15 is 0 Å². The lowest BCUT2D eigenvalue weighted by Crippen LogP contribution is -2.48. The van der Waals surface area contributed by atoms with E-state index in [0.717, 1.165) is 38.4 Å².